The number of urea groups is 1. The Morgan fingerprint density at radius 2 is 1.57 bits per heavy atom. The number of nitrogens with zero attached hydrogens (tertiary/aromatic N) is 1. The van der Waals surface area contributed by atoms with E-state index in [1.807, 2.05) is 38.1 Å². The van der Waals surface area contributed by atoms with Crippen molar-refractivity contribution < 1.29 is 27.9 Å². The first-order chi connectivity index (χ1) is 16.4. The fraction of sp³-hybridized carbons (Fsp3) is 0.423. The van der Waals surface area contributed by atoms with Crippen LogP contribution in [-0.2, 0) is 15.1 Å². The molecule has 1 aliphatic rings. The van der Waals surface area contributed by atoms with Crippen molar-refractivity contribution in [1.82, 2.24) is 15.5 Å². The van der Waals surface area contributed by atoms with E-state index >= 15 is 0 Å². The van der Waals surface area contributed by atoms with Gasteiger partial charge < -0.3 is 15.4 Å². The van der Waals surface area contributed by atoms with E-state index in [1.54, 1.807) is 0 Å². The lowest BCUT2D eigenvalue weighted by molar-refractivity contribution is -0.135. The van der Waals surface area contributed by atoms with Gasteiger partial charge in [-0.05, 0) is 47.6 Å². The molecular weight excluding hydrogens is 456 g/mol. The van der Waals surface area contributed by atoms with E-state index in [9.17, 15) is 23.2 Å². The van der Waals surface area contributed by atoms with Gasteiger partial charge in [-0.15, -0.1) is 0 Å². The molecule has 4 amide bonds. The first-order valence-corrected chi connectivity index (χ1v) is 11.5. The molecule has 0 radical (unpaired) electrons. The van der Waals surface area contributed by atoms with Crippen molar-refractivity contribution in [3.63, 3.8) is 0 Å². The minimum Gasteiger partial charge on any atom is -0.435 e. The molecule has 188 valence electrons. The van der Waals surface area contributed by atoms with Crippen LogP contribution in [0, 0.1) is 5.92 Å². The highest BCUT2D eigenvalue weighted by Crippen LogP contribution is 2.30. The molecule has 3 rings (SSSR count). The van der Waals surface area contributed by atoms with E-state index in [0.717, 1.165) is 10.5 Å². The summed E-state index contributed by atoms with van der Waals surface area (Å²) < 4.78 is 29.1. The molecule has 1 fully saturated rings. The molecule has 9 heteroatoms. The van der Waals surface area contributed by atoms with Gasteiger partial charge in [0.05, 0.1) is 6.04 Å². The van der Waals surface area contributed by atoms with Crippen LogP contribution in [0.4, 0.5) is 13.6 Å². The van der Waals surface area contributed by atoms with Crippen molar-refractivity contribution in [2.45, 2.75) is 58.7 Å². The third-order valence-corrected chi connectivity index (χ3v) is 6.18. The van der Waals surface area contributed by atoms with Crippen LogP contribution in [0.3, 0.4) is 0 Å². The summed E-state index contributed by atoms with van der Waals surface area (Å²) in [5.74, 6) is -0.682. The van der Waals surface area contributed by atoms with Crippen molar-refractivity contribution in [3.8, 4) is 5.75 Å². The molecule has 1 heterocycles. The van der Waals surface area contributed by atoms with Gasteiger partial charge in [-0.3, -0.25) is 14.5 Å². The Labute approximate surface area is 203 Å². The number of hydrogen-bond acceptors (Lipinski definition) is 4. The molecular formula is C26H31F2N3O4. The van der Waals surface area contributed by atoms with Crippen LogP contribution in [0.2, 0.25) is 0 Å². The topological polar surface area (TPSA) is 87.7 Å². The minimum absolute atomic E-state index is 0.0680. The maximum atomic E-state index is 13.1. The van der Waals surface area contributed by atoms with E-state index in [4.69, 9.17) is 0 Å². The zero-order valence-corrected chi connectivity index (χ0v) is 20.5. The van der Waals surface area contributed by atoms with Gasteiger partial charge in [0.25, 0.3) is 5.91 Å². The summed E-state index contributed by atoms with van der Waals surface area (Å²) >= 11 is 0. The Morgan fingerprint density at radius 1 is 1.00 bits per heavy atom. The van der Waals surface area contributed by atoms with E-state index in [-0.39, 0.29) is 17.7 Å². The molecule has 2 aromatic rings. The largest absolute Gasteiger partial charge is 0.435 e. The molecule has 0 aliphatic carbocycles. The molecule has 2 aromatic carbocycles. The summed E-state index contributed by atoms with van der Waals surface area (Å²) in [6.45, 7) is 6.26. The molecule has 0 aromatic heterocycles. The van der Waals surface area contributed by atoms with Gasteiger partial charge in [-0.25, -0.2) is 4.79 Å². The fourth-order valence-electron chi connectivity index (χ4n) is 4.09. The number of rotatable bonds is 9. The normalized spacial score (nSPS) is 18.9. The van der Waals surface area contributed by atoms with E-state index in [2.05, 4.69) is 29.2 Å². The highest BCUT2D eigenvalue weighted by molar-refractivity contribution is 6.09. The molecule has 1 saturated heterocycles. The van der Waals surface area contributed by atoms with Crippen LogP contribution < -0.4 is 15.4 Å². The predicted octanol–water partition coefficient (Wildman–Crippen LogP) is 4.69. The molecule has 0 bridgehead atoms. The summed E-state index contributed by atoms with van der Waals surface area (Å²) in [6.07, 6.45) is 0. The number of carbonyl (C=O) groups is 3. The van der Waals surface area contributed by atoms with E-state index in [1.165, 1.54) is 36.8 Å². The number of nitrogens with one attached hydrogen (secondary N) is 2. The predicted molar refractivity (Wildman–Crippen MR) is 127 cm³/mol. The van der Waals surface area contributed by atoms with Gasteiger partial charge in [-0.1, -0.05) is 64.1 Å². The monoisotopic (exact) mass is 487 g/mol. The molecule has 0 unspecified atom stereocenters. The summed E-state index contributed by atoms with van der Waals surface area (Å²) in [5, 5.41) is 5.55. The number of carbonyl (C=O) groups excluding carboxylic acids is 3. The van der Waals surface area contributed by atoms with Gasteiger partial charge in [-0.2, -0.15) is 8.78 Å². The smallest absolute Gasteiger partial charge is 0.387 e. The molecule has 7 nitrogen and oxygen atoms in total. The van der Waals surface area contributed by atoms with Gasteiger partial charge in [0.15, 0.2) is 0 Å². The first-order valence-electron chi connectivity index (χ1n) is 11.5. The molecule has 0 saturated carbocycles. The Kier molecular flexibility index (Phi) is 7.77. The zero-order chi connectivity index (χ0) is 25.9. The lowest BCUT2D eigenvalue weighted by Gasteiger charge is -2.25. The number of alkyl halides is 2. The maximum absolute atomic E-state index is 13.1. The second kappa shape index (κ2) is 10.4. The summed E-state index contributed by atoms with van der Waals surface area (Å²) in [5.41, 5.74) is 1.07. The fourth-order valence-corrected chi connectivity index (χ4v) is 4.09. The number of halogens is 2. The highest BCUT2D eigenvalue weighted by Gasteiger charge is 2.49. The summed E-state index contributed by atoms with van der Waals surface area (Å²) in [6, 6.07) is 12.5. The number of benzene rings is 2. The van der Waals surface area contributed by atoms with Crippen molar-refractivity contribution in [3.05, 3.63) is 65.2 Å². The van der Waals surface area contributed by atoms with Crippen LogP contribution in [0.5, 0.6) is 5.75 Å². The van der Waals surface area contributed by atoms with E-state index < -0.39 is 36.5 Å². The molecule has 35 heavy (non-hydrogen) atoms. The third kappa shape index (κ3) is 5.78. The van der Waals surface area contributed by atoms with Crippen LogP contribution >= 0.6 is 0 Å². The Bertz CT molecular complexity index is 1070. The van der Waals surface area contributed by atoms with Gasteiger partial charge in [0.2, 0.25) is 5.91 Å². The molecule has 2 atom stereocenters. The Hall–Kier alpha value is -3.49. The Morgan fingerprint density at radius 3 is 2.09 bits per heavy atom. The van der Waals surface area contributed by atoms with Crippen LogP contribution in [-0.4, -0.2) is 35.9 Å². The quantitative estimate of drug-likeness (QED) is 0.503. The minimum atomic E-state index is -2.97. The number of hydrogen-bond donors (Lipinski definition) is 2. The molecule has 2 N–H and O–H groups in total. The SMILES string of the molecule is CC(C)c1ccc([C@@H](NC(=O)CN2C(=O)N[C@](C)(c3ccc(OC(F)F)cc3)C2=O)C(C)C)cc1. The average Bonchev–Trinajstić information content (AvgIpc) is 3.01. The van der Waals surface area contributed by atoms with E-state index in [0.29, 0.717) is 11.5 Å². The number of amides is 4. The van der Waals surface area contributed by atoms with Gasteiger partial charge in [0.1, 0.15) is 17.8 Å². The molecule has 0 spiro atoms. The standard InChI is InChI=1S/C26H31F2N3O4/c1-15(2)17-6-8-18(9-7-17)22(16(3)4)29-21(32)14-31-23(33)26(5,30-25(31)34)19-10-12-20(13-11-19)35-24(27)28/h6-13,15-16,22,24H,14H2,1-5H3,(H,29,32)(H,30,34)/t22-,26+/m0/s1. The average molecular weight is 488 g/mol. The van der Waals surface area contributed by atoms with Crippen LogP contribution in [0.15, 0.2) is 48.5 Å². The lowest BCUT2D eigenvalue weighted by atomic mass is 9.92. The van der Waals surface area contributed by atoms with Gasteiger partial charge >= 0.3 is 12.6 Å². The highest BCUT2D eigenvalue weighted by atomic mass is 19.3. The van der Waals surface area contributed by atoms with Crippen LogP contribution in [0.1, 0.15) is 63.3 Å². The molecule has 1 aliphatic heterocycles. The summed E-state index contributed by atoms with van der Waals surface area (Å²) in [7, 11) is 0. The van der Waals surface area contributed by atoms with Gasteiger partial charge in [0, 0.05) is 0 Å². The second-order valence-corrected chi connectivity index (χ2v) is 9.46. The number of imide groups is 1. The van der Waals surface area contributed by atoms with Crippen molar-refractivity contribution in [1.29, 1.82) is 0 Å². The Balaban J connectivity index is 1.71. The third-order valence-electron chi connectivity index (χ3n) is 6.18. The maximum Gasteiger partial charge on any atom is 0.387 e. The van der Waals surface area contributed by atoms with Crippen molar-refractivity contribution in [2.24, 2.45) is 5.92 Å². The number of ether oxygens (including phenoxy) is 1. The van der Waals surface area contributed by atoms with Crippen molar-refractivity contribution in [2.75, 3.05) is 6.54 Å². The van der Waals surface area contributed by atoms with Crippen molar-refractivity contribution >= 4 is 17.8 Å². The second-order valence-electron chi connectivity index (χ2n) is 9.46. The summed E-state index contributed by atoms with van der Waals surface area (Å²) in [4.78, 5) is 39.5. The lowest BCUT2D eigenvalue weighted by Crippen LogP contribution is -2.44. The first kappa shape index (κ1) is 26.1. The van der Waals surface area contributed by atoms with Crippen LogP contribution in [0.25, 0.3) is 0 Å². The zero-order valence-electron chi connectivity index (χ0n) is 20.5.